The largest absolute Gasteiger partial charge is 0.497 e. The van der Waals surface area contributed by atoms with E-state index in [1.807, 2.05) is 45.0 Å². The highest BCUT2D eigenvalue weighted by molar-refractivity contribution is 5.94. The third-order valence-electron chi connectivity index (χ3n) is 3.41. The van der Waals surface area contributed by atoms with Crippen LogP contribution in [0.4, 0.5) is 0 Å². The Morgan fingerprint density at radius 3 is 1.91 bits per heavy atom. The van der Waals surface area contributed by atoms with Crippen molar-refractivity contribution in [1.82, 2.24) is 5.32 Å². The standard InChI is InChI=1S/C19H23NO3/c1-19(2,3)20-18(22)15-7-5-13(6-8-15)17(21)14-9-11-16(23-4)12-10-14/h5-12,17,21H,1-4H3,(H,20,22). The second-order valence-electron chi connectivity index (χ2n) is 6.50. The molecule has 1 unspecified atom stereocenters. The van der Waals surface area contributed by atoms with E-state index in [-0.39, 0.29) is 11.4 Å². The van der Waals surface area contributed by atoms with Gasteiger partial charge in [-0.25, -0.2) is 0 Å². The molecule has 0 aliphatic rings. The van der Waals surface area contributed by atoms with Gasteiger partial charge in [-0.3, -0.25) is 4.79 Å². The number of hydrogen-bond acceptors (Lipinski definition) is 3. The van der Waals surface area contributed by atoms with E-state index < -0.39 is 6.10 Å². The summed E-state index contributed by atoms with van der Waals surface area (Å²) in [6.07, 6.45) is -0.736. The van der Waals surface area contributed by atoms with Crippen molar-refractivity contribution < 1.29 is 14.6 Å². The van der Waals surface area contributed by atoms with Gasteiger partial charge in [0.15, 0.2) is 0 Å². The topological polar surface area (TPSA) is 58.6 Å². The smallest absolute Gasteiger partial charge is 0.251 e. The zero-order chi connectivity index (χ0) is 17.0. The molecule has 0 bridgehead atoms. The van der Waals surface area contributed by atoms with Gasteiger partial charge in [-0.2, -0.15) is 0 Å². The molecule has 2 rings (SSSR count). The molecule has 2 N–H and O–H groups in total. The monoisotopic (exact) mass is 313 g/mol. The molecule has 0 aliphatic carbocycles. The van der Waals surface area contributed by atoms with Crippen molar-refractivity contribution in [3.8, 4) is 5.75 Å². The molecule has 4 heteroatoms. The van der Waals surface area contributed by atoms with Crippen molar-refractivity contribution in [2.24, 2.45) is 0 Å². The number of aliphatic hydroxyl groups excluding tert-OH is 1. The van der Waals surface area contributed by atoms with Crippen LogP contribution in [0.5, 0.6) is 5.75 Å². The lowest BCUT2D eigenvalue weighted by molar-refractivity contribution is 0.0919. The Kier molecular flexibility index (Phi) is 5.06. The molecule has 0 spiro atoms. The number of hydrogen-bond donors (Lipinski definition) is 2. The second-order valence-corrected chi connectivity index (χ2v) is 6.50. The summed E-state index contributed by atoms with van der Waals surface area (Å²) < 4.78 is 5.11. The summed E-state index contributed by atoms with van der Waals surface area (Å²) in [5.41, 5.74) is 1.81. The van der Waals surface area contributed by atoms with Gasteiger partial charge in [0.25, 0.3) is 5.91 Å². The van der Waals surface area contributed by atoms with Crippen LogP contribution in [-0.4, -0.2) is 23.7 Å². The molecule has 0 aliphatic heterocycles. The molecule has 23 heavy (non-hydrogen) atoms. The van der Waals surface area contributed by atoms with Crippen molar-refractivity contribution in [2.45, 2.75) is 32.4 Å². The van der Waals surface area contributed by atoms with Crippen molar-refractivity contribution in [2.75, 3.05) is 7.11 Å². The maximum atomic E-state index is 12.1. The number of carbonyl (C=O) groups is 1. The van der Waals surface area contributed by atoms with Crippen LogP contribution in [-0.2, 0) is 0 Å². The Bertz CT molecular complexity index is 655. The highest BCUT2D eigenvalue weighted by atomic mass is 16.5. The molecule has 122 valence electrons. The van der Waals surface area contributed by atoms with Crippen LogP contribution in [0.1, 0.15) is 48.4 Å². The van der Waals surface area contributed by atoms with Gasteiger partial charge >= 0.3 is 0 Å². The lowest BCUT2D eigenvalue weighted by atomic mass is 10.00. The highest BCUT2D eigenvalue weighted by Gasteiger charge is 2.16. The minimum atomic E-state index is -0.736. The molecular formula is C19H23NO3. The lowest BCUT2D eigenvalue weighted by Crippen LogP contribution is -2.40. The first-order valence-electron chi connectivity index (χ1n) is 7.54. The molecule has 0 saturated carbocycles. The Balaban J connectivity index is 2.13. The van der Waals surface area contributed by atoms with Crippen molar-refractivity contribution in [1.29, 1.82) is 0 Å². The van der Waals surface area contributed by atoms with E-state index in [2.05, 4.69) is 5.32 Å². The Labute approximate surface area is 137 Å². The van der Waals surface area contributed by atoms with E-state index in [4.69, 9.17) is 4.74 Å². The quantitative estimate of drug-likeness (QED) is 0.910. The van der Waals surface area contributed by atoms with E-state index in [1.54, 1.807) is 31.4 Å². The van der Waals surface area contributed by atoms with Crippen LogP contribution in [0.25, 0.3) is 0 Å². The normalized spacial score (nSPS) is 12.6. The van der Waals surface area contributed by atoms with Crippen LogP contribution in [0.2, 0.25) is 0 Å². The Hall–Kier alpha value is -2.33. The van der Waals surface area contributed by atoms with Gasteiger partial charge in [-0.05, 0) is 56.2 Å². The Morgan fingerprint density at radius 2 is 1.48 bits per heavy atom. The average molecular weight is 313 g/mol. The zero-order valence-electron chi connectivity index (χ0n) is 14.0. The number of carbonyl (C=O) groups excluding carboxylic acids is 1. The molecule has 0 saturated heterocycles. The molecule has 0 fully saturated rings. The van der Waals surface area contributed by atoms with Gasteiger partial charge in [0.05, 0.1) is 7.11 Å². The summed E-state index contributed by atoms with van der Waals surface area (Å²) >= 11 is 0. The SMILES string of the molecule is COc1ccc(C(O)c2ccc(C(=O)NC(C)(C)C)cc2)cc1. The third-order valence-corrected chi connectivity index (χ3v) is 3.41. The fourth-order valence-electron chi connectivity index (χ4n) is 2.21. The van der Waals surface area contributed by atoms with Crippen LogP contribution in [0, 0.1) is 0 Å². The maximum Gasteiger partial charge on any atom is 0.251 e. The zero-order valence-corrected chi connectivity index (χ0v) is 14.0. The number of amides is 1. The van der Waals surface area contributed by atoms with Gasteiger partial charge in [-0.1, -0.05) is 24.3 Å². The van der Waals surface area contributed by atoms with Crippen LogP contribution < -0.4 is 10.1 Å². The Morgan fingerprint density at radius 1 is 1.00 bits per heavy atom. The third kappa shape index (κ3) is 4.57. The van der Waals surface area contributed by atoms with E-state index in [0.717, 1.165) is 16.9 Å². The molecule has 2 aromatic rings. The number of aliphatic hydroxyl groups is 1. The number of methoxy groups -OCH3 is 1. The van der Waals surface area contributed by atoms with Crippen LogP contribution in [0.3, 0.4) is 0 Å². The second kappa shape index (κ2) is 6.84. The number of benzene rings is 2. The van der Waals surface area contributed by atoms with Crippen LogP contribution >= 0.6 is 0 Å². The summed E-state index contributed by atoms with van der Waals surface area (Å²) in [6.45, 7) is 5.81. The highest BCUT2D eigenvalue weighted by Crippen LogP contribution is 2.24. The van der Waals surface area contributed by atoms with Gasteiger partial charge in [-0.15, -0.1) is 0 Å². The van der Waals surface area contributed by atoms with Gasteiger partial charge in [0, 0.05) is 11.1 Å². The van der Waals surface area contributed by atoms with Crippen molar-refractivity contribution in [3.63, 3.8) is 0 Å². The minimum Gasteiger partial charge on any atom is -0.497 e. The maximum absolute atomic E-state index is 12.1. The first kappa shape index (κ1) is 17.0. The molecule has 1 amide bonds. The molecule has 0 heterocycles. The van der Waals surface area contributed by atoms with Gasteiger partial charge < -0.3 is 15.2 Å². The van der Waals surface area contributed by atoms with E-state index >= 15 is 0 Å². The van der Waals surface area contributed by atoms with Crippen molar-refractivity contribution in [3.05, 3.63) is 65.2 Å². The average Bonchev–Trinajstić information content (AvgIpc) is 2.53. The predicted molar refractivity (Wildman–Crippen MR) is 90.7 cm³/mol. The first-order valence-corrected chi connectivity index (χ1v) is 7.54. The fraction of sp³-hybridized carbons (Fsp3) is 0.316. The van der Waals surface area contributed by atoms with Gasteiger partial charge in [0.1, 0.15) is 11.9 Å². The molecule has 0 aromatic heterocycles. The van der Waals surface area contributed by atoms with Crippen molar-refractivity contribution >= 4 is 5.91 Å². The predicted octanol–water partition coefficient (Wildman–Crippen LogP) is 3.31. The summed E-state index contributed by atoms with van der Waals surface area (Å²) in [5, 5.41) is 13.3. The summed E-state index contributed by atoms with van der Waals surface area (Å²) in [5.74, 6) is 0.623. The minimum absolute atomic E-state index is 0.122. The summed E-state index contributed by atoms with van der Waals surface area (Å²) in [6, 6.07) is 14.3. The summed E-state index contributed by atoms with van der Waals surface area (Å²) in [4.78, 5) is 12.1. The molecule has 4 nitrogen and oxygen atoms in total. The van der Waals surface area contributed by atoms with E-state index in [0.29, 0.717) is 5.56 Å². The van der Waals surface area contributed by atoms with E-state index in [1.165, 1.54) is 0 Å². The molecule has 2 aromatic carbocycles. The summed E-state index contributed by atoms with van der Waals surface area (Å²) in [7, 11) is 1.60. The van der Waals surface area contributed by atoms with Gasteiger partial charge in [0.2, 0.25) is 0 Å². The first-order chi connectivity index (χ1) is 10.8. The lowest BCUT2D eigenvalue weighted by Gasteiger charge is -2.20. The molecule has 1 atom stereocenters. The number of ether oxygens (including phenoxy) is 1. The fourth-order valence-corrected chi connectivity index (χ4v) is 2.21. The van der Waals surface area contributed by atoms with E-state index in [9.17, 15) is 9.90 Å². The number of nitrogens with one attached hydrogen (secondary N) is 1. The molecule has 0 radical (unpaired) electrons. The van der Waals surface area contributed by atoms with Crippen LogP contribution in [0.15, 0.2) is 48.5 Å². The number of rotatable bonds is 4. The molecular weight excluding hydrogens is 290 g/mol.